The number of aromatic nitrogens is 1. The Morgan fingerprint density at radius 1 is 1.04 bits per heavy atom. The van der Waals surface area contributed by atoms with Crippen molar-refractivity contribution in [2.75, 3.05) is 5.32 Å². The molecule has 1 aromatic heterocycles. The third-order valence-corrected chi connectivity index (χ3v) is 3.93. The molecule has 9 heteroatoms. The predicted octanol–water partition coefficient (Wildman–Crippen LogP) is 4.74. The number of carbonyl (C=O) groups is 1. The highest BCUT2D eigenvalue weighted by atomic mass is 19.4. The van der Waals surface area contributed by atoms with E-state index in [1.54, 1.807) is 18.2 Å². The van der Waals surface area contributed by atoms with Crippen LogP contribution < -0.4 is 10.6 Å². The van der Waals surface area contributed by atoms with Crippen molar-refractivity contribution in [3.05, 3.63) is 71.5 Å². The summed E-state index contributed by atoms with van der Waals surface area (Å²) in [4.78, 5) is 10.5. The fourth-order valence-corrected chi connectivity index (χ4v) is 2.47. The van der Waals surface area contributed by atoms with Crippen LogP contribution >= 0.6 is 0 Å². The molecule has 0 aliphatic rings. The zero-order valence-corrected chi connectivity index (χ0v) is 14.5. The molecule has 146 valence electrons. The maximum absolute atomic E-state index is 12.6. The second-order valence-electron chi connectivity index (χ2n) is 5.96. The van der Waals surface area contributed by atoms with Crippen molar-refractivity contribution in [3.63, 3.8) is 0 Å². The van der Waals surface area contributed by atoms with Crippen LogP contribution in [0.1, 0.15) is 16.9 Å². The molecular weight excluding hydrogens is 375 g/mol. The predicted molar refractivity (Wildman–Crippen MR) is 95.6 cm³/mol. The van der Waals surface area contributed by atoms with Crippen LogP contribution in [0, 0.1) is 0 Å². The smallest absolute Gasteiger partial charge is 0.416 e. The Hall–Kier alpha value is -3.49. The van der Waals surface area contributed by atoms with Gasteiger partial charge in [0.05, 0.1) is 12.1 Å². The van der Waals surface area contributed by atoms with Crippen molar-refractivity contribution < 1.29 is 27.6 Å². The first-order chi connectivity index (χ1) is 13.3. The number of benzene rings is 2. The second-order valence-corrected chi connectivity index (χ2v) is 5.96. The Morgan fingerprint density at radius 3 is 2.32 bits per heavy atom. The summed E-state index contributed by atoms with van der Waals surface area (Å²) in [6.45, 7) is 0.404. The Morgan fingerprint density at radius 2 is 1.71 bits per heavy atom. The van der Waals surface area contributed by atoms with Crippen LogP contribution in [0.5, 0.6) is 0 Å². The van der Waals surface area contributed by atoms with Gasteiger partial charge in [-0.1, -0.05) is 29.4 Å². The lowest BCUT2D eigenvalue weighted by atomic mass is 10.1. The van der Waals surface area contributed by atoms with Crippen LogP contribution in [-0.2, 0) is 19.3 Å². The summed E-state index contributed by atoms with van der Waals surface area (Å²) in [6.07, 6.45) is -5.49. The van der Waals surface area contributed by atoms with Crippen LogP contribution in [0.2, 0.25) is 0 Å². The van der Waals surface area contributed by atoms with Crippen molar-refractivity contribution in [2.24, 2.45) is 0 Å². The molecule has 0 bridgehead atoms. The molecule has 0 unspecified atom stereocenters. The summed E-state index contributed by atoms with van der Waals surface area (Å²) in [5.41, 5.74) is 2.19. The van der Waals surface area contributed by atoms with E-state index in [0.29, 0.717) is 18.0 Å². The van der Waals surface area contributed by atoms with Gasteiger partial charge in [0, 0.05) is 23.9 Å². The third-order valence-electron chi connectivity index (χ3n) is 3.93. The van der Waals surface area contributed by atoms with Crippen LogP contribution in [0.15, 0.2) is 59.1 Å². The van der Waals surface area contributed by atoms with E-state index in [1.807, 2.05) is 12.1 Å². The van der Waals surface area contributed by atoms with Gasteiger partial charge in [-0.15, -0.1) is 0 Å². The first-order valence-electron chi connectivity index (χ1n) is 8.24. The molecule has 2 aromatic carbocycles. The van der Waals surface area contributed by atoms with Crippen molar-refractivity contribution in [1.82, 2.24) is 10.5 Å². The Bertz CT molecular complexity index is 936. The molecule has 3 N–H and O–H groups in total. The molecule has 0 aliphatic heterocycles. The molecule has 0 spiro atoms. The fourth-order valence-electron chi connectivity index (χ4n) is 2.47. The molecule has 0 saturated carbocycles. The van der Waals surface area contributed by atoms with Crippen LogP contribution in [0.3, 0.4) is 0 Å². The zero-order chi connectivity index (χ0) is 20.1. The number of halogens is 3. The Balaban J connectivity index is 1.58. The van der Waals surface area contributed by atoms with Crippen LogP contribution in [0.25, 0.3) is 11.3 Å². The van der Waals surface area contributed by atoms with Gasteiger partial charge in [-0.05, 0) is 29.8 Å². The van der Waals surface area contributed by atoms with Crippen LogP contribution in [0.4, 0.5) is 23.7 Å². The maximum atomic E-state index is 12.6. The normalized spacial score (nSPS) is 11.2. The first-order valence-corrected chi connectivity index (χ1v) is 8.24. The van der Waals surface area contributed by atoms with Crippen molar-refractivity contribution in [1.29, 1.82) is 0 Å². The van der Waals surface area contributed by atoms with Gasteiger partial charge in [-0.3, -0.25) is 0 Å². The summed E-state index contributed by atoms with van der Waals surface area (Å²) < 4.78 is 42.8. The third kappa shape index (κ3) is 5.03. The highest BCUT2D eigenvalue weighted by Gasteiger charge is 2.29. The minimum Gasteiger partial charge on any atom is -0.465 e. The monoisotopic (exact) mass is 391 g/mol. The highest BCUT2D eigenvalue weighted by Crippen LogP contribution is 2.29. The van der Waals surface area contributed by atoms with Crippen molar-refractivity contribution in [3.8, 4) is 11.3 Å². The first kappa shape index (κ1) is 19.3. The second kappa shape index (κ2) is 8.03. The van der Waals surface area contributed by atoms with Gasteiger partial charge in [0.25, 0.3) is 0 Å². The van der Waals surface area contributed by atoms with Crippen LogP contribution in [-0.4, -0.2) is 16.4 Å². The van der Waals surface area contributed by atoms with Gasteiger partial charge in [0.15, 0.2) is 5.76 Å². The number of alkyl halides is 3. The van der Waals surface area contributed by atoms with Crippen molar-refractivity contribution in [2.45, 2.75) is 19.3 Å². The molecule has 6 nitrogen and oxygen atoms in total. The molecule has 3 rings (SSSR count). The largest absolute Gasteiger partial charge is 0.465 e. The number of carboxylic acid groups (broad SMARTS) is 1. The lowest BCUT2D eigenvalue weighted by Crippen LogP contribution is -2.19. The van der Waals surface area contributed by atoms with E-state index in [9.17, 15) is 18.0 Å². The Kier molecular flexibility index (Phi) is 5.53. The van der Waals surface area contributed by atoms with E-state index in [-0.39, 0.29) is 6.54 Å². The average molecular weight is 391 g/mol. The quantitative estimate of drug-likeness (QED) is 0.565. The fraction of sp³-hybridized carbons (Fsp3) is 0.158. The zero-order valence-electron chi connectivity index (χ0n) is 14.5. The molecule has 0 atom stereocenters. The van der Waals surface area contributed by atoms with E-state index in [0.717, 1.165) is 28.9 Å². The topological polar surface area (TPSA) is 87.4 Å². The lowest BCUT2D eigenvalue weighted by Gasteiger charge is -2.09. The summed E-state index contributed by atoms with van der Waals surface area (Å²) in [7, 11) is 0. The van der Waals surface area contributed by atoms with Gasteiger partial charge >= 0.3 is 12.3 Å². The molecule has 0 saturated heterocycles. The van der Waals surface area contributed by atoms with E-state index in [2.05, 4.69) is 15.8 Å². The van der Waals surface area contributed by atoms with Gasteiger partial charge in [-0.2, -0.15) is 13.2 Å². The van der Waals surface area contributed by atoms with Gasteiger partial charge in [-0.25, -0.2) is 4.79 Å². The molecule has 0 fully saturated rings. The number of anilines is 1. The Labute approximate surface area is 158 Å². The van der Waals surface area contributed by atoms with Gasteiger partial charge in [0.1, 0.15) is 5.69 Å². The van der Waals surface area contributed by atoms with Crippen molar-refractivity contribution >= 4 is 11.8 Å². The highest BCUT2D eigenvalue weighted by molar-refractivity contribution is 5.65. The summed E-state index contributed by atoms with van der Waals surface area (Å²) >= 11 is 0. The molecule has 1 amide bonds. The molecular formula is C19H16F3N3O3. The minimum atomic E-state index is -4.34. The molecule has 0 radical (unpaired) electrons. The number of hydrogen-bond donors (Lipinski definition) is 3. The van der Waals surface area contributed by atoms with E-state index in [4.69, 9.17) is 9.63 Å². The summed E-state index contributed by atoms with van der Waals surface area (Å²) in [6, 6.07) is 13.9. The van der Waals surface area contributed by atoms with E-state index < -0.39 is 17.8 Å². The number of nitrogens with one attached hydrogen (secondary N) is 2. The summed E-state index contributed by atoms with van der Waals surface area (Å²) in [5, 5.41) is 17.8. The summed E-state index contributed by atoms with van der Waals surface area (Å²) in [5.74, 6) is 0.391. The van der Waals surface area contributed by atoms with E-state index in [1.165, 1.54) is 12.1 Å². The number of nitrogens with zero attached hydrogens (tertiary/aromatic N) is 1. The maximum Gasteiger partial charge on any atom is 0.416 e. The van der Waals surface area contributed by atoms with Gasteiger partial charge in [0.2, 0.25) is 0 Å². The van der Waals surface area contributed by atoms with E-state index >= 15 is 0 Å². The number of amides is 1. The van der Waals surface area contributed by atoms with Gasteiger partial charge < -0.3 is 20.3 Å². The average Bonchev–Trinajstić information content (AvgIpc) is 3.14. The number of rotatable bonds is 6. The number of hydrogen-bond acceptors (Lipinski definition) is 4. The molecule has 0 aliphatic carbocycles. The lowest BCUT2D eigenvalue weighted by molar-refractivity contribution is -0.137. The molecule has 1 heterocycles. The standard InChI is InChI=1S/C19H16F3N3O3/c20-19(21,22)14-5-1-12(2-6-14)10-23-15-7-3-13(4-8-15)17-9-16(28-25-17)11-24-18(26)27/h1-9,23-24H,10-11H2,(H,26,27). The SMILES string of the molecule is O=C(O)NCc1cc(-c2ccc(NCc3ccc(C(F)(F)F)cc3)cc2)no1. The minimum absolute atomic E-state index is 0.0229. The molecule has 3 aromatic rings. The molecule has 28 heavy (non-hydrogen) atoms.